The Labute approximate surface area is 126 Å². The van der Waals surface area contributed by atoms with Crippen LogP contribution >= 0.6 is 0 Å². The van der Waals surface area contributed by atoms with Crippen LogP contribution in [0.4, 0.5) is 10.5 Å². The van der Waals surface area contributed by atoms with E-state index >= 15 is 0 Å². The first-order valence-electron chi connectivity index (χ1n) is 6.16. The van der Waals surface area contributed by atoms with E-state index in [1.165, 1.54) is 36.2 Å². The van der Waals surface area contributed by atoms with E-state index in [4.69, 9.17) is 5.14 Å². The predicted molar refractivity (Wildman–Crippen MR) is 76.2 cm³/mol. The number of anilines is 1. The Morgan fingerprint density at radius 2 is 1.86 bits per heavy atom. The van der Waals surface area contributed by atoms with Crippen molar-refractivity contribution < 1.29 is 22.8 Å². The number of nitrogens with one attached hydrogen (secondary N) is 1. The van der Waals surface area contributed by atoms with Crippen molar-refractivity contribution in [2.45, 2.75) is 4.90 Å². The molecule has 0 bridgehead atoms. The van der Waals surface area contributed by atoms with Gasteiger partial charge in [0, 0.05) is 12.7 Å². The highest BCUT2D eigenvalue weighted by atomic mass is 32.2. The lowest BCUT2D eigenvalue weighted by molar-refractivity contribution is -0.129. The molecule has 22 heavy (non-hydrogen) atoms. The first-order chi connectivity index (χ1) is 10.2. The Hall–Kier alpha value is -2.46. The number of imide groups is 1. The number of hydrogen-bond acceptors (Lipinski definition) is 5. The molecule has 2 rings (SSSR count). The molecule has 0 unspecified atom stereocenters. The summed E-state index contributed by atoms with van der Waals surface area (Å²) in [6.07, 6.45) is 0. The Bertz CT molecular complexity index is 728. The lowest BCUT2D eigenvalue weighted by Gasteiger charge is -2.13. The number of urea groups is 1. The molecule has 4 amide bonds. The summed E-state index contributed by atoms with van der Waals surface area (Å²) in [6.45, 7) is -0.464. The lowest BCUT2D eigenvalue weighted by atomic mass is 10.3. The number of sulfonamides is 1. The quantitative estimate of drug-likeness (QED) is 0.697. The van der Waals surface area contributed by atoms with Gasteiger partial charge in [0.2, 0.25) is 15.9 Å². The largest absolute Gasteiger partial charge is 0.327 e. The van der Waals surface area contributed by atoms with E-state index in [0.717, 1.165) is 4.90 Å². The summed E-state index contributed by atoms with van der Waals surface area (Å²) >= 11 is 0. The Morgan fingerprint density at radius 3 is 2.32 bits per heavy atom. The summed E-state index contributed by atoms with van der Waals surface area (Å²) < 4.78 is 22.2. The third-order valence-electron chi connectivity index (χ3n) is 3.00. The lowest BCUT2D eigenvalue weighted by Crippen LogP contribution is -2.38. The minimum Gasteiger partial charge on any atom is -0.325 e. The summed E-state index contributed by atoms with van der Waals surface area (Å²) in [5, 5.41) is 7.42. The maximum atomic E-state index is 11.8. The highest BCUT2D eigenvalue weighted by molar-refractivity contribution is 7.89. The molecule has 1 saturated heterocycles. The van der Waals surface area contributed by atoms with Gasteiger partial charge in [-0.05, 0) is 24.3 Å². The van der Waals surface area contributed by atoms with E-state index in [0.29, 0.717) is 5.69 Å². The molecule has 10 heteroatoms. The van der Waals surface area contributed by atoms with Crippen LogP contribution in [0.2, 0.25) is 0 Å². The summed E-state index contributed by atoms with van der Waals surface area (Å²) in [7, 11) is -2.34. The van der Waals surface area contributed by atoms with Crippen LogP contribution in [0, 0.1) is 0 Å². The molecule has 9 nitrogen and oxygen atoms in total. The maximum Gasteiger partial charge on any atom is 0.327 e. The van der Waals surface area contributed by atoms with Gasteiger partial charge < -0.3 is 10.2 Å². The maximum absolute atomic E-state index is 11.8. The van der Waals surface area contributed by atoms with E-state index in [9.17, 15) is 22.8 Å². The molecule has 0 spiro atoms. The van der Waals surface area contributed by atoms with Crippen molar-refractivity contribution >= 4 is 33.6 Å². The highest BCUT2D eigenvalue weighted by Crippen LogP contribution is 2.13. The molecule has 0 atom stereocenters. The van der Waals surface area contributed by atoms with Gasteiger partial charge in [-0.15, -0.1) is 0 Å². The van der Waals surface area contributed by atoms with Crippen molar-refractivity contribution in [1.82, 2.24) is 9.80 Å². The summed E-state index contributed by atoms with van der Waals surface area (Å²) in [6, 6.07) is 4.66. The Balaban J connectivity index is 2.01. The number of benzene rings is 1. The third-order valence-corrected chi connectivity index (χ3v) is 3.93. The molecule has 0 saturated carbocycles. The average molecular weight is 326 g/mol. The molecular weight excluding hydrogens is 312 g/mol. The van der Waals surface area contributed by atoms with Crippen LogP contribution in [0.25, 0.3) is 0 Å². The second kappa shape index (κ2) is 5.73. The number of primary sulfonamides is 1. The SMILES string of the molecule is CN1CC(=O)N(CC(=O)Nc2ccc(S(N)(=O)=O)cc2)C1=O. The number of carbonyl (C=O) groups excluding carboxylic acids is 3. The third kappa shape index (κ3) is 3.40. The zero-order valence-electron chi connectivity index (χ0n) is 11.6. The normalized spacial score (nSPS) is 15.4. The molecule has 1 aromatic carbocycles. The van der Waals surface area contributed by atoms with E-state index in [1.54, 1.807) is 0 Å². The van der Waals surface area contributed by atoms with Gasteiger partial charge in [0.15, 0.2) is 0 Å². The van der Waals surface area contributed by atoms with E-state index in [1.807, 2.05) is 0 Å². The van der Waals surface area contributed by atoms with E-state index in [2.05, 4.69) is 5.32 Å². The number of carbonyl (C=O) groups is 3. The molecular formula is C12H14N4O5S. The molecule has 0 aromatic heterocycles. The average Bonchev–Trinajstić information content (AvgIpc) is 2.65. The van der Waals surface area contributed by atoms with E-state index in [-0.39, 0.29) is 11.4 Å². The summed E-state index contributed by atoms with van der Waals surface area (Å²) in [5.74, 6) is -1.02. The van der Waals surface area contributed by atoms with Gasteiger partial charge in [-0.2, -0.15) is 0 Å². The number of nitrogens with two attached hydrogens (primary N) is 1. The number of rotatable bonds is 4. The van der Waals surface area contributed by atoms with Crippen LogP contribution in [0.1, 0.15) is 0 Å². The number of likely N-dealkylation sites (N-methyl/N-ethyl adjacent to an activating group) is 1. The van der Waals surface area contributed by atoms with Crippen molar-refractivity contribution in [3.63, 3.8) is 0 Å². The molecule has 3 N–H and O–H groups in total. The van der Waals surface area contributed by atoms with Crippen LogP contribution in [0.15, 0.2) is 29.2 Å². The standard InChI is InChI=1S/C12H14N4O5S/c1-15-7-11(18)16(12(15)19)6-10(17)14-8-2-4-9(5-3-8)22(13,20)21/h2-5H,6-7H2,1H3,(H,14,17)(H2,13,20,21). The molecule has 0 aliphatic carbocycles. The number of nitrogens with zero attached hydrogens (tertiary/aromatic N) is 2. The fourth-order valence-corrected chi connectivity index (χ4v) is 2.41. The van der Waals surface area contributed by atoms with Crippen LogP contribution in [0.5, 0.6) is 0 Å². The second-order valence-electron chi connectivity index (χ2n) is 4.74. The first kappa shape index (κ1) is 15.9. The fourth-order valence-electron chi connectivity index (χ4n) is 1.90. The molecule has 1 heterocycles. The van der Waals surface area contributed by atoms with Gasteiger partial charge in [-0.1, -0.05) is 0 Å². The molecule has 1 fully saturated rings. The van der Waals surface area contributed by atoms with Crippen molar-refractivity contribution in [1.29, 1.82) is 0 Å². The molecule has 1 aliphatic heterocycles. The number of amides is 4. The van der Waals surface area contributed by atoms with Gasteiger partial charge in [-0.3, -0.25) is 14.5 Å². The molecule has 1 aromatic rings. The van der Waals surface area contributed by atoms with Crippen molar-refractivity contribution in [2.75, 3.05) is 25.5 Å². The molecule has 118 valence electrons. The van der Waals surface area contributed by atoms with Gasteiger partial charge in [0.25, 0.3) is 5.91 Å². The van der Waals surface area contributed by atoms with Crippen LogP contribution in [0.3, 0.4) is 0 Å². The van der Waals surface area contributed by atoms with E-state index < -0.39 is 34.4 Å². The topological polar surface area (TPSA) is 130 Å². The van der Waals surface area contributed by atoms with Crippen LogP contribution in [-0.2, 0) is 19.6 Å². The summed E-state index contributed by atoms with van der Waals surface area (Å²) in [4.78, 5) is 37.0. The molecule has 1 aliphatic rings. The first-order valence-corrected chi connectivity index (χ1v) is 7.71. The minimum absolute atomic E-state index is 0.0603. The highest BCUT2D eigenvalue weighted by Gasteiger charge is 2.34. The zero-order valence-corrected chi connectivity index (χ0v) is 12.5. The summed E-state index contributed by atoms with van der Waals surface area (Å²) in [5.41, 5.74) is 0.324. The van der Waals surface area contributed by atoms with Crippen LogP contribution < -0.4 is 10.5 Å². The smallest absolute Gasteiger partial charge is 0.325 e. The minimum atomic E-state index is -3.80. The second-order valence-corrected chi connectivity index (χ2v) is 6.30. The van der Waals surface area contributed by atoms with Crippen molar-refractivity contribution in [3.05, 3.63) is 24.3 Å². The predicted octanol–water partition coefficient (Wildman–Crippen LogP) is -0.833. The fraction of sp³-hybridized carbons (Fsp3) is 0.250. The zero-order chi connectivity index (χ0) is 16.5. The van der Waals surface area contributed by atoms with Gasteiger partial charge >= 0.3 is 6.03 Å². The van der Waals surface area contributed by atoms with Gasteiger partial charge in [0.1, 0.15) is 13.1 Å². The Kier molecular flexibility index (Phi) is 4.15. The van der Waals surface area contributed by atoms with Gasteiger partial charge in [0.05, 0.1) is 4.90 Å². The molecule has 0 radical (unpaired) electrons. The Morgan fingerprint density at radius 1 is 1.27 bits per heavy atom. The monoisotopic (exact) mass is 326 g/mol. The number of hydrogen-bond donors (Lipinski definition) is 2. The van der Waals surface area contributed by atoms with Crippen molar-refractivity contribution in [3.8, 4) is 0 Å². The van der Waals surface area contributed by atoms with Crippen LogP contribution in [-0.4, -0.2) is 56.2 Å². The van der Waals surface area contributed by atoms with Crippen molar-refractivity contribution in [2.24, 2.45) is 5.14 Å². The van der Waals surface area contributed by atoms with Gasteiger partial charge in [-0.25, -0.2) is 18.4 Å².